The van der Waals surface area contributed by atoms with E-state index in [4.69, 9.17) is 24.4 Å². The molecule has 1 aromatic rings. The molecule has 8 nitrogen and oxygen atoms in total. The molecule has 3 rings (SSSR count). The highest BCUT2D eigenvalue weighted by Crippen LogP contribution is 2.16. The van der Waals surface area contributed by atoms with Gasteiger partial charge in [-0.15, -0.1) is 0 Å². The van der Waals surface area contributed by atoms with Gasteiger partial charge in [-0.1, -0.05) is 0 Å². The molecule has 28 heavy (non-hydrogen) atoms. The topological polar surface area (TPSA) is 116 Å². The van der Waals surface area contributed by atoms with Crippen molar-refractivity contribution in [3.05, 3.63) is 24.3 Å². The lowest BCUT2D eigenvalue weighted by molar-refractivity contribution is 0.598. The van der Waals surface area contributed by atoms with Crippen LogP contribution in [0.1, 0.15) is 12.8 Å². The second-order valence-electron chi connectivity index (χ2n) is 6.97. The second-order valence-corrected chi connectivity index (χ2v) is 12.2. The van der Waals surface area contributed by atoms with Crippen molar-refractivity contribution < 1.29 is 16.8 Å². The van der Waals surface area contributed by atoms with Gasteiger partial charge in [-0.05, 0) is 61.5 Å². The summed E-state index contributed by atoms with van der Waals surface area (Å²) in [6.07, 6.45) is 1.11. The van der Waals surface area contributed by atoms with Crippen molar-refractivity contribution in [2.75, 3.05) is 33.6 Å². The van der Waals surface area contributed by atoms with Gasteiger partial charge >= 0.3 is 0 Å². The highest BCUT2D eigenvalue weighted by atomic mass is 32.2. The van der Waals surface area contributed by atoms with E-state index < -0.39 is 19.7 Å². The van der Waals surface area contributed by atoms with Crippen LogP contribution in [0.15, 0.2) is 24.3 Å². The average molecular weight is 463 g/mol. The van der Waals surface area contributed by atoms with Crippen LogP contribution in [0.4, 0.5) is 11.4 Å². The zero-order valence-corrected chi connectivity index (χ0v) is 18.2. The van der Waals surface area contributed by atoms with Crippen LogP contribution in [-0.2, 0) is 19.7 Å². The van der Waals surface area contributed by atoms with Gasteiger partial charge in [-0.3, -0.25) is 0 Å². The summed E-state index contributed by atoms with van der Waals surface area (Å²) in [5.74, 6) is 0.581. The smallest absolute Gasteiger partial charge is 0.171 e. The third-order valence-electron chi connectivity index (χ3n) is 4.54. The Labute approximate surface area is 175 Å². The van der Waals surface area contributed by atoms with Crippen molar-refractivity contribution in [1.82, 2.24) is 10.6 Å². The highest BCUT2D eigenvalue weighted by molar-refractivity contribution is 7.92. The van der Waals surface area contributed by atoms with Gasteiger partial charge in [0, 0.05) is 23.5 Å². The van der Waals surface area contributed by atoms with Gasteiger partial charge in [-0.2, -0.15) is 0 Å². The van der Waals surface area contributed by atoms with Gasteiger partial charge in [0.1, 0.15) is 0 Å². The maximum atomic E-state index is 11.5. The van der Waals surface area contributed by atoms with E-state index in [0.717, 1.165) is 11.4 Å². The summed E-state index contributed by atoms with van der Waals surface area (Å²) in [7, 11) is -5.91. The van der Waals surface area contributed by atoms with Crippen LogP contribution in [0.2, 0.25) is 0 Å². The highest BCUT2D eigenvalue weighted by Gasteiger charge is 2.29. The number of hydrogen-bond donors (Lipinski definition) is 4. The Balaban J connectivity index is 1.45. The van der Waals surface area contributed by atoms with Crippen LogP contribution in [0, 0.1) is 0 Å². The molecule has 154 valence electrons. The maximum absolute atomic E-state index is 11.5. The number of anilines is 2. The molecule has 2 aliphatic heterocycles. The molecule has 0 spiro atoms. The summed E-state index contributed by atoms with van der Waals surface area (Å²) in [6, 6.07) is 6.92. The number of rotatable bonds is 4. The Kier molecular flexibility index (Phi) is 6.42. The standard InChI is InChI=1S/C16H22N4O4S4/c21-27(22)7-5-13(9-27)19-15(25)17-11-1-2-12(4-3-11)18-16(26)20-14-6-8-28(23,24)10-14/h1-4,13-14H,5-10H2,(H2,17,19,25)(H2,18,20,26)/t13-,14-/m1/s1. The quantitative estimate of drug-likeness (QED) is 0.475. The summed E-state index contributed by atoms with van der Waals surface area (Å²) in [5.41, 5.74) is 1.51. The molecule has 0 bridgehead atoms. The molecular weight excluding hydrogens is 440 g/mol. The van der Waals surface area contributed by atoms with Crippen LogP contribution in [-0.4, -0.2) is 62.2 Å². The molecule has 2 fully saturated rings. The minimum absolute atomic E-state index is 0.102. The van der Waals surface area contributed by atoms with Crippen molar-refractivity contribution in [1.29, 1.82) is 0 Å². The Morgan fingerprint density at radius 3 is 1.39 bits per heavy atom. The number of thiocarbonyl (C=S) groups is 2. The largest absolute Gasteiger partial charge is 0.359 e. The fourth-order valence-electron chi connectivity index (χ4n) is 3.16. The van der Waals surface area contributed by atoms with Gasteiger partial charge in [0.2, 0.25) is 0 Å². The molecule has 0 aliphatic carbocycles. The first-order valence-corrected chi connectivity index (χ1v) is 13.2. The van der Waals surface area contributed by atoms with E-state index in [1.54, 1.807) is 0 Å². The molecule has 0 amide bonds. The zero-order chi connectivity index (χ0) is 20.4. The van der Waals surface area contributed by atoms with Crippen LogP contribution in [0.25, 0.3) is 0 Å². The number of benzene rings is 1. The third-order valence-corrected chi connectivity index (χ3v) is 8.51. The third kappa shape index (κ3) is 6.26. The Bertz CT molecular complexity index is 882. The molecule has 4 N–H and O–H groups in total. The van der Waals surface area contributed by atoms with Crippen molar-refractivity contribution in [2.24, 2.45) is 0 Å². The number of sulfone groups is 2. The minimum Gasteiger partial charge on any atom is -0.359 e. The first-order valence-electron chi connectivity index (χ1n) is 8.76. The molecule has 2 atom stereocenters. The van der Waals surface area contributed by atoms with Crippen molar-refractivity contribution >= 4 is 65.7 Å². The van der Waals surface area contributed by atoms with Gasteiger partial charge in [0.05, 0.1) is 23.0 Å². The summed E-state index contributed by atoms with van der Waals surface area (Å²) in [4.78, 5) is 0. The van der Waals surface area contributed by atoms with Crippen LogP contribution < -0.4 is 21.3 Å². The summed E-state index contributed by atoms with van der Waals surface area (Å²) >= 11 is 10.5. The first-order chi connectivity index (χ1) is 13.1. The second kappa shape index (κ2) is 8.47. The zero-order valence-electron chi connectivity index (χ0n) is 15.0. The molecular formula is C16H22N4O4S4. The van der Waals surface area contributed by atoms with Crippen LogP contribution in [0.3, 0.4) is 0 Å². The molecule has 12 heteroatoms. The van der Waals surface area contributed by atoms with E-state index in [-0.39, 0.29) is 35.1 Å². The van der Waals surface area contributed by atoms with Crippen molar-refractivity contribution in [2.45, 2.75) is 24.9 Å². The molecule has 0 unspecified atom stereocenters. The van der Waals surface area contributed by atoms with Gasteiger partial charge < -0.3 is 21.3 Å². The summed E-state index contributed by atoms with van der Waals surface area (Å²) in [6.45, 7) is 0. The lowest BCUT2D eigenvalue weighted by atomic mass is 10.2. The molecule has 2 saturated heterocycles. The lowest BCUT2D eigenvalue weighted by Gasteiger charge is -2.16. The van der Waals surface area contributed by atoms with E-state index in [1.807, 2.05) is 24.3 Å². The molecule has 0 aromatic heterocycles. The van der Waals surface area contributed by atoms with Crippen molar-refractivity contribution in [3.63, 3.8) is 0 Å². The van der Waals surface area contributed by atoms with E-state index in [9.17, 15) is 16.8 Å². The Hall–Kier alpha value is -1.50. The average Bonchev–Trinajstić information content (AvgIpc) is 3.10. The SMILES string of the molecule is O=S1(=O)CC[C@@H](NC(=S)Nc2ccc(NC(=S)N[C@@H]3CCS(=O)(=O)C3)cc2)C1. The fraction of sp³-hybridized carbons (Fsp3) is 0.500. The van der Waals surface area contributed by atoms with Crippen LogP contribution >= 0.6 is 24.4 Å². The predicted octanol–water partition coefficient (Wildman–Crippen LogP) is 0.634. The van der Waals surface area contributed by atoms with Crippen molar-refractivity contribution in [3.8, 4) is 0 Å². The molecule has 1 aromatic carbocycles. The van der Waals surface area contributed by atoms with E-state index >= 15 is 0 Å². The molecule has 2 heterocycles. The molecule has 0 saturated carbocycles. The fourth-order valence-corrected chi connectivity index (χ4v) is 7.08. The Morgan fingerprint density at radius 1 is 0.750 bits per heavy atom. The molecule has 0 radical (unpaired) electrons. The summed E-state index contributed by atoms with van der Waals surface area (Å²) < 4.78 is 46.0. The van der Waals surface area contributed by atoms with Gasteiger partial charge in [-0.25, -0.2) is 16.8 Å². The summed E-state index contributed by atoms with van der Waals surface area (Å²) in [5, 5.41) is 12.9. The first kappa shape index (κ1) is 21.2. The van der Waals surface area contributed by atoms with Gasteiger partial charge in [0.25, 0.3) is 0 Å². The van der Waals surface area contributed by atoms with Gasteiger partial charge in [0.15, 0.2) is 29.9 Å². The maximum Gasteiger partial charge on any atom is 0.171 e. The van der Waals surface area contributed by atoms with E-state index in [1.165, 1.54) is 0 Å². The van der Waals surface area contributed by atoms with Crippen LogP contribution in [0.5, 0.6) is 0 Å². The number of nitrogens with one attached hydrogen (secondary N) is 4. The van der Waals surface area contributed by atoms with E-state index in [0.29, 0.717) is 23.1 Å². The Morgan fingerprint density at radius 2 is 1.11 bits per heavy atom. The lowest BCUT2D eigenvalue weighted by Crippen LogP contribution is -2.38. The van der Waals surface area contributed by atoms with E-state index in [2.05, 4.69) is 21.3 Å². The number of hydrogen-bond acceptors (Lipinski definition) is 6. The minimum atomic E-state index is -2.96. The normalized spacial score (nSPS) is 25.0. The predicted molar refractivity (Wildman–Crippen MR) is 119 cm³/mol. The monoisotopic (exact) mass is 462 g/mol. The molecule has 2 aliphatic rings.